The Hall–Kier alpha value is -5.01. The van der Waals surface area contributed by atoms with Gasteiger partial charge in [-0.05, 0) is 79.6 Å². The number of fused-ring (bicyclic) bond motifs is 1. The predicted molar refractivity (Wildman–Crippen MR) is 163 cm³/mol. The van der Waals surface area contributed by atoms with Crippen LogP contribution >= 0.6 is 11.6 Å². The first kappa shape index (κ1) is 27.6. The van der Waals surface area contributed by atoms with E-state index < -0.39 is 5.97 Å². The third-order valence-corrected chi connectivity index (χ3v) is 6.36. The Morgan fingerprint density at radius 2 is 1.73 bits per heavy atom. The van der Waals surface area contributed by atoms with E-state index in [9.17, 15) is 9.59 Å². The molecule has 0 aliphatic carbocycles. The van der Waals surface area contributed by atoms with Crippen molar-refractivity contribution in [2.75, 3.05) is 6.61 Å². The fraction of sp³-hybridized carbons (Fsp3) is 0.0909. The van der Waals surface area contributed by atoms with E-state index in [-0.39, 0.29) is 11.3 Å². The van der Waals surface area contributed by atoms with E-state index >= 15 is 0 Å². The molecule has 8 heteroatoms. The van der Waals surface area contributed by atoms with Crippen molar-refractivity contribution in [2.45, 2.75) is 13.8 Å². The fourth-order valence-electron chi connectivity index (χ4n) is 4.16. The predicted octanol–water partition coefficient (Wildman–Crippen LogP) is 6.93. The summed E-state index contributed by atoms with van der Waals surface area (Å²) in [5, 5.41) is 5.60. The summed E-state index contributed by atoms with van der Waals surface area (Å²) in [6.07, 6.45) is 4.52. The smallest absolute Gasteiger partial charge is 0.336 e. The second-order valence-corrected chi connectivity index (χ2v) is 9.57. The van der Waals surface area contributed by atoms with Gasteiger partial charge in [0.2, 0.25) is 0 Å². The number of nitrogens with zero attached hydrogens (tertiary/aromatic N) is 3. The first-order chi connectivity index (χ1) is 19.9. The van der Waals surface area contributed by atoms with Crippen molar-refractivity contribution in [3.8, 4) is 22.9 Å². The molecule has 5 aromatic rings. The molecular weight excluding hydrogens is 538 g/mol. The normalized spacial score (nSPS) is 11.4. The number of hydrogen-bond donors (Lipinski definition) is 0. The van der Waals surface area contributed by atoms with Crippen LogP contribution in [0.2, 0.25) is 5.02 Å². The minimum absolute atomic E-state index is 0.264. The van der Waals surface area contributed by atoms with Crippen molar-refractivity contribution in [2.24, 2.45) is 5.10 Å². The van der Waals surface area contributed by atoms with Gasteiger partial charge in [0.05, 0.1) is 23.7 Å². The van der Waals surface area contributed by atoms with E-state index in [0.717, 1.165) is 16.7 Å². The second kappa shape index (κ2) is 12.4. The highest BCUT2D eigenvalue weighted by atomic mass is 35.5. The summed E-state index contributed by atoms with van der Waals surface area (Å²) in [6, 6.07) is 27.1. The van der Waals surface area contributed by atoms with E-state index in [2.05, 4.69) is 5.10 Å². The van der Waals surface area contributed by atoms with Gasteiger partial charge in [0.15, 0.2) is 17.3 Å². The second-order valence-electron chi connectivity index (χ2n) is 9.13. The molecule has 0 N–H and O–H groups in total. The lowest BCUT2D eigenvalue weighted by Gasteiger charge is -2.11. The monoisotopic (exact) mass is 563 g/mol. The number of halogens is 1. The first-order valence-electron chi connectivity index (χ1n) is 13.0. The average molecular weight is 564 g/mol. The van der Waals surface area contributed by atoms with Crippen LogP contribution in [0.3, 0.4) is 0 Å². The number of ether oxygens (including phenoxy) is 2. The lowest BCUT2D eigenvalue weighted by molar-refractivity contribution is -0.129. The topological polar surface area (TPSA) is 82.8 Å². The van der Waals surface area contributed by atoms with Gasteiger partial charge in [-0.2, -0.15) is 9.78 Å². The standard InChI is InChI=1S/C33H26ClN3O4/c1-3-40-30-20-24(13-17-29(30)41-31(38)18-14-23-11-15-26(34)16-12-23)21-35-37-32(25-8-6-7-22(2)19-25)36-28-10-5-4-9-27(28)33(37)39/h4-21H,3H2,1-2H3/b18-14+,35-21?. The molecule has 0 spiro atoms. The lowest BCUT2D eigenvalue weighted by atomic mass is 10.1. The van der Waals surface area contributed by atoms with Crippen molar-refractivity contribution in [1.82, 2.24) is 9.66 Å². The highest BCUT2D eigenvalue weighted by molar-refractivity contribution is 6.30. The number of para-hydroxylation sites is 1. The fourth-order valence-corrected chi connectivity index (χ4v) is 4.29. The summed E-state index contributed by atoms with van der Waals surface area (Å²) >= 11 is 5.91. The molecule has 41 heavy (non-hydrogen) atoms. The van der Waals surface area contributed by atoms with Gasteiger partial charge in [-0.3, -0.25) is 4.79 Å². The first-order valence-corrected chi connectivity index (χ1v) is 13.3. The summed E-state index contributed by atoms with van der Waals surface area (Å²) in [5.74, 6) is 0.503. The van der Waals surface area contributed by atoms with Crippen LogP contribution in [0.1, 0.15) is 23.6 Å². The largest absolute Gasteiger partial charge is 0.490 e. The Balaban J connectivity index is 1.45. The van der Waals surface area contributed by atoms with E-state index in [1.165, 1.54) is 10.8 Å². The third kappa shape index (κ3) is 6.59. The molecule has 0 bridgehead atoms. The zero-order chi connectivity index (χ0) is 28.8. The van der Waals surface area contributed by atoms with Crippen molar-refractivity contribution in [3.63, 3.8) is 0 Å². The minimum atomic E-state index is -0.557. The number of benzene rings is 4. The van der Waals surface area contributed by atoms with Crippen molar-refractivity contribution in [3.05, 3.63) is 129 Å². The Kier molecular flexibility index (Phi) is 8.36. The molecule has 0 amide bonds. The summed E-state index contributed by atoms with van der Waals surface area (Å²) in [6.45, 7) is 4.17. The van der Waals surface area contributed by atoms with Crippen LogP contribution in [0.15, 0.2) is 107 Å². The maximum atomic E-state index is 13.5. The molecule has 0 atom stereocenters. The molecule has 0 saturated heterocycles. The van der Waals surface area contributed by atoms with Gasteiger partial charge in [0, 0.05) is 16.7 Å². The van der Waals surface area contributed by atoms with Gasteiger partial charge >= 0.3 is 5.97 Å². The minimum Gasteiger partial charge on any atom is -0.490 e. The summed E-state index contributed by atoms with van der Waals surface area (Å²) in [7, 11) is 0. The SMILES string of the molecule is CCOc1cc(C=Nn2c(-c3cccc(C)c3)nc3ccccc3c2=O)ccc1OC(=O)/C=C/c1ccc(Cl)cc1. The zero-order valence-electron chi connectivity index (χ0n) is 22.5. The molecule has 0 unspecified atom stereocenters. The van der Waals surface area contributed by atoms with Crippen LogP contribution in [-0.2, 0) is 4.79 Å². The Bertz CT molecular complexity index is 1840. The van der Waals surface area contributed by atoms with E-state index in [1.807, 2.05) is 50.2 Å². The average Bonchev–Trinajstić information content (AvgIpc) is 2.97. The van der Waals surface area contributed by atoms with E-state index in [0.29, 0.717) is 39.7 Å². The maximum Gasteiger partial charge on any atom is 0.336 e. The van der Waals surface area contributed by atoms with Crippen LogP contribution in [0.5, 0.6) is 11.5 Å². The van der Waals surface area contributed by atoms with Gasteiger partial charge in [-0.15, -0.1) is 0 Å². The van der Waals surface area contributed by atoms with Gasteiger partial charge in [0.25, 0.3) is 5.56 Å². The Morgan fingerprint density at radius 1 is 0.951 bits per heavy atom. The molecule has 0 aliphatic heterocycles. The van der Waals surface area contributed by atoms with Crippen LogP contribution in [-0.4, -0.2) is 28.5 Å². The molecular formula is C33H26ClN3O4. The molecule has 1 aromatic heterocycles. The number of aryl methyl sites for hydroxylation is 1. The molecule has 0 saturated carbocycles. The maximum absolute atomic E-state index is 13.5. The van der Waals surface area contributed by atoms with Crippen molar-refractivity contribution in [1.29, 1.82) is 0 Å². The highest BCUT2D eigenvalue weighted by Gasteiger charge is 2.13. The van der Waals surface area contributed by atoms with Gasteiger partial charge in [-0.1, -0.05) is 59.6 Å². The lowest BCUT2D eigenvalue weighted by Crippen LogP contribution is -2.20. The summed E-state index contributed by atoms with van der Waals surface area (Å²) < 4.78 is 12.6. The van der Waals surface area contributed by atoms with Crippen LogP contribution < -0.4 is 15.0 Å². The highest BCUT2D eigenvalue weighted by Crippen LogP contribution is 2.29. The third-order valence-electron chi connectivity index (χ3n) is 6.11. The molecule has 1 heterocycles. The molecule has 5 rings (SSSR count). The summed E-state index contributed by atoms with van der Waals surface area (Å²) in [4.78, 5) is 30.7. The number of rotatable bonds is 8. The molecule has 0 fully saturated rings. The van der Waals surface area contributed by atoms with Crippen molar-refractivity contribution >= 4 is 40.8 Å². The van der Waals surface area contributed by atoms with Gasteiger partial charge in [-0.25, -0.2) is 9.78 Å². The Labute approximate surface area is 242 Å². The zero-order valence-corrected chi connectivity index (χ0v) is 23.2. The number of carbonyl (C=O) groups is 1. The number of hydrogen-bond acceptors (Lipinski definition) is 6. The molecule has 7 nitrogen and oxygen atoms in total. The quantitative estimate of drug-likeness (QED) is 0.0885. The van der Waals surface area contributed by atoms with Crippen LogP contribution in [0.4, 0.5) is 0 Å². The number of esters is 1. The molecule has 204 valence electrons. The molecule has 4 aromatic carbocycles. The van der Waals surface area contributed by atoms with Gasteiger partial charge < -0.3 is 9.47 Å². The van der Waals surface area contributed by atoms with Crippen LogP contribution in [0.25, 0.3) is 28.4 Å². The number of aromatic nitrogens is 2. The van der Waals surface area contributed by atoms with Gasteiger partial charge in [0.1, 0.15) is 0 Å². The van der Waals surface area contributed by atoms with Crippen molar-refractivity contribution < 1.29 is 14.3 Å². The van der Waals surface area contributed by atoms with E-state index in [4.69, 9.17) is 26.1 Å². The van der Waals surface area contributed by atoms with E-state index in [1.54, 1.807) is 66.9 Å². The Morgan fingerprint density at radius 3 is 2.51 bits per heavy atom. The molecule has 0 aliphatic rings. The summed E-state index contributed by atoms with van der Waals surface area (Å²) in [5.41, 5.74) is 3.57. The van der Waals surface area contributed by atoms with Crippen LogP contribution in [0, 0.1) is 6.92 Å². The molecule has 0 radical (unpaired) electrons. The number of carbonyl (C=O) groups excluding carboxylic acids is 1.